The average molecular weight is 501 g/mol. The summed E-state index contributed by atoms with van der Waals surface area (Å²) in [6.07, 6.45) is 2.16. The fourth-order valence-electron chi connectivity index (χ4n) is 3.70. The van der Waals surface area contributed by atoms with Gasteiger partial charge in [-0.3, -0.25) is 10.2 Å². The second-order valence-corrected chi connectivity index (χ2v) is 9.01. The van der Waals surface area contributed by atoms with E-state index in [9.17, 15) is 9.18 Å². The molecule has 0 atom stereocenters. The Morgan fingerprint density at radius 2 is 1.83 bits per heavy atom. The van der Waals surface area contributed by atoms with Crippen molar-refractivity contribution >= 4 is 39.8 Å². The Balaban J connectivity index is 1.35. The zero-order chi connectivity index (χ0) is 25.1. The molecule has 1 N–H and O–H groups in total. The lowest BCUT2D eigenvalue weighted by Crippen LogP contribution is -2.35. The van der Waals surface area contributed by atoms with Crippen LogP contribution < -0.4 is 9.47 Å². The Hall–Kier alpha value is -4.24. The number of hydrazone groups is 1. The van der Waals surface area contributed by atoms with E-state index in [-0.39, 0.29) is 23.8 Å². The maximum Gasteiger partial charge on any atom is 0.283 e. The molecule has 0 saturated carbocycles. The van der Waals surface area contributed by atoms with Gasteiger partial charge in [-0.05, 0) is 47.2 Å². The highest BCUT2D eigenvalue weighted by atomic mass is 32.2. The van der Waals surface area contributed by atoms with Crippen molar-refractivity contribution in [3.8, 4) is 11.5 Å². The summed E-state index contributed by atoms with van der Waals surface area (Å²) in [6, 6.07) is 21.4. The second kappa shape index (κ2) is 10.2. The molecule has 9 heteroatoms. The smallest absolute Gasteiger partial charge is 0.283 e. The van der Waals surface area contributed by atoms with E-state index in [0.717, 1.165) is 10.6 Å². The number of nitrogens with zero attached hydrogens (tertiary/aromatic N) is 3. The number of rotatable bonds is 7. The Morgan fingerprint density at radius 3 is 2.61 bits per heavy atom. The molecule has 0 aliphatic carbocycles. The summed E-state index contributed by atoms with van der Waals surface area (Å²) in [5, 5.41) is 15.6. The van der Waals surface area contributed by atoms with Crippen molar-refractivity contribution in [1.82, 2.24) is 5.01 Å². The second-order valence-electron chi connectivity index (χ2n) is 7.97. The molecule has 180 valence electrons. The van der Waals surface area contributed by atoms with Crippen molar-refractivity contribution < 1.29 is 18.7 Å². The molecule has 0 aromatic heterocycles. The van der Waals surface area contributed by atoms with E-state index in [1.165, 1.54) is 29.9 Å². The molecular weight excluding hydrogens is 479 g/mol. The Kier molecular flexibility index (Phi) is 6.64. The van der Waals surface area contributed by atoms with E-state index < -0.39 is 5.91 Å². The van der Waals surface area contributed by atoms with Crippen LogP contribution in [0, 0.1) is 11.2 Å². The van der Waals surface area contributed by atoms with E-state index in [2.05, 4.69) is 10.1 Å². The van der Waals surface area contributed by atoms with Crippen molar-refractivity contribution in [2.75, 3.05) is 7.11 Å². The molecule has 2 aliphatic rings. The molecule has 0 bridgehead atoms. The van der Waals surface area contributed by atoms with Gasteiger partial charge in [-0.2, -0.15) is 15.1 Å². The maximum absolute atomic E-state index is 13.9. The first-order valence-electron chi connectivity index (χ1n) is 11.1. The number of carbonyl (C=O) groups is 1. The van der Waals surface area contributed by atoms with Gasteiger partial charge < -0.3 is 9.47 Å². The third kappa shape index (κ3) is 4.92. The normalized spacial score (nSPS) is 16.1. The van der Waals surface area contributed by atoms with Gasteiger partial charge in [0, 0.05) is 12.0 Å². The van der Waals surface area contributed by atoms with Crippen molar-refractivity contribution in [2.24, 2.45) is 10.1 Å². The highest BCUT2D eigenvalue weighted by molar-refractivity contribution is 8.26. The van der Waals surface area contributed by atoms with Crippen LogP contribution in [0.25, 0.3) is 6.08 Å². The number of amides is 1. The van der Waals surface area contributed by atoms with Gasteiger partial charge in [-0.1, -0.05) is 54.6 Å². The average Bonchev–Trinajstić information content (AvgIpc) is 3.29. The zero-order valence-corrected chi connectivity index (χ0v) is 20.1. The largest absolute Gasteiger partial charge is 0.493 e. The van der Waals surface area contributed by atoms with Crippen LogP contribution in [0.15, 0.2) is 88.5 Å². The quantitative estimate of drug-likeness (QED) is 0.447. The summed E-state index contributed by atoms with van der Waals surface area (Å²) in [7, 11) is 1.50. The predicted molar refractivity (Wildman–Crippen MR) is 139 cm³/mol. The summed E-state index contributed by atoms with van der Waals surface area (Å²) in [5.41, 5.74) is 2.25. The molecule has 3 aromatic rings. The minimum atomic E-state index is -0.506. The number of hydrogen-bond donors (Lipinski definition) is 1. The van der Waals surface area contributed by atoms with Crippen molar-refractivity contribution in [2.45, 2.75) is 13.0 Å². The molecule has 5 rings (SSSR count). The van der Waals surface area contributed by atoms with E-state index in [1.54, 1.807) is 42.5 Å². The minimum absolute atomic E-state index is 0.0417. The number of aliphatic imine (C=N–C) groups is 1. The number of benzene rings is 3. The highest BCUT2D eigenvalue weighted by Crippen LogP contribution is 2.32. The number of ether oxygens (including phenoxy) is 2. The van der Waals surface area contributed by atoms with Crippen LogP contribution in [0.5, 0.6) is 11.5 Å². The molecule has 0 unspecified atom stereocenters. The monoisotopic (exact) mass is 500 g/mol. The first kappa shape index (κ1) is 23.5. The van der Waals surface area contributed by atoms with Gasteiger partial charge in [0.1, 0.15) is 17.5 Å². The molecule has 7 nitrogen and oxygen atoms in total. The molecule has 2 aliphatic heterocycles. The molecule has 36 heavy (non-hydrogen) atoms. The van der Waals surface area contributed by atoms with E-state index in [1.807, 2.05) is 30.3 Å². The number of methoxy groups -OCH3 is 1. The molecule has 3 aromatic carbocycles. The molecule has 0 spiro atoms. The zero-order valence-electron chi connectivity index (χ0n) is 19.3. The SMILES string of the molecule is COc1cc(/C=C2/C(=N)N3N=C(Cc4ccccc4)SC3=NC2=O)ccc1OCc1ccccc1F. The Morgan fingerprint density at radius 1 is 1.06 bits per heavy atom. The summed E-state index contributed by atoms with van der Waals surface area (Å²) >= 11 is 1.29. The Bertz CT molecular complexity index is 1440. The number of amidine groups is 2. The third-order valence-electron chi connectivity index (χ3n) is 5.53. The maximum atomic E-state index is 13.9. The van der Waals surface area contributed by atoms with Crippen LogP contribution in [0.3, 0.4) is 0 Å². The van der Waals surface area contributed by atoms with Crippen molar-refractivity contribution in [1.29, 1.82) is 5.41 Å². The van der Waals surface area contributed by atoms with Crippen LogP contribution in [0.2, 0.25) is 0 Å². The van der Waals surface area contributed by atoms with Crippen LogP contribution >= 0.6 is 11.8 Å². The van der Waals surface area contributed by atoms with Gasteiger partial charge in [-0.15, -0.1) is 0 Å². The number of carbonyl (C=O) groups excluding carboxylic acids is 1. The lowest BCUT2D eigenvalue weighted by molar-refractivity contribution is -0.114. The van der Waals surface area contributed by atoms with Crippen LogP contribution in [0.4, 0.5) is 4.39 Å². The number of halogens is 1. The molecule has 0 radical (unpaired) electrons. The van der Waals surface area contributed by atoms with Crippen LogP contribution in [0.1, 0.15) is 16.7 Å². The predicted octanol–water partition coefficient (Wildman–Crippen LogP) is 5.28. The standard InChI is InChI=1S/C27H21FN4O3S/c1-34-23-14-18(11-12-22(23)35-16-19-9-5-6-10-21(19)28)13-20-25(29)32-27(30-26(20)33)36-24(31-32)15-17-7-3-2-4-8-17/h2-14,29H,15-16H2,1H3/b20-13-,29-25?. The van der Waals surface area contributed by atoms with Gasteiger partial charge in [0.15, 0.2) is 17.3 Å². The van der Waals surface area contributed by atoms with Gasteiger partial charge in [-0.25, -0.2) is 4.39 Å². The number of nitrogens with one attached hydrogen (secondary N) is 1. The molecule has 0 saturated heterocycles. The summed E-state index contributed by atoms with van der Waals surface area (Å²) in [4.78, 5) is 16.9. The molecule has 0 fully saturated rings. The summed E-state index contributed by atoms with van der Waals surface area (Å²) < 4.78 is 25.1. The summed E-state index contributed by atoms with van der Waals surface area (Å²) in [5.74, 6) is -0.0474. The first-order valence-corrected chi connectivity index (χ1v) is 11.9. The van der Waals surface area contributed by atoms with Gasteiger partial charge in [0.2, 0.25) is 5.17 Å². The van der Waals surface area contributed by atoms with Gasteiger partial charge in [0.05, 0.1) is 12.7 Å². The van der Waals surface area contributed by atoms with E-state index in [0.29, 0.717) is 34.2 Å². The van der Waals surface area contributed by atoms with Crippen LogP contribution in [-0.2, 0) is 17.8 Å². The molecule has 1 amide bonds. The van der Waals surface area contributed by atoms with E-state index in [4.69, 9.17) is 14.9 Å². The highest BCUT2D eigenvalue weighted by Gasteiger charge is 2.35. The number of fused-ring (bicyclic) bond motifs is 1. The minimum Gasteiger partial charge on any atom is -0.493 e. The third-order valence-corrected chi connectivity index (χ3v) is 6.44. The van der Waals surface area contributed by atoms with Crippen LogP contribution in [-0.4, -0.2) is 34.1 Å². The fraction of sp³-hybridized carbons (Fsp3) is 0.111. The van der Waals surface area contributed by atoms with Crippen molar-refractivity contribution in [3.63, 3.8) is 0 Å². The first-order chi connectivity index (χ1) is 17.5. The Labute approximate surface area is 211 Å². The van der Waals surface area contributed by atoms with Gasteiger partial charge >= 0.3 is 0 Å². The lowest BCUT2D eigenvalue weighted by atomic mass is 10.1. The lowest BCUT2D eigenvalue weighted by Gasteiger charge is -2.20. The molecular formula is C27H21FN4O3S. The fourth-order valence-corrected chi connectivity index (χ4v) is 4.62. The summed E-state index contributed by atoms with van der Waals surface area (Å²) in [6.45, 7) is 0.0417. The van der Waals surface area contributed by atoms with Gasteiger partial charge in [0.25, 0.3) is 5.91 Å². The van der Waals surface area contributed by atoms with E-state index >= 15 is 0 Å². The number of hydrogen-bond acceptors (Lipinski definition) is 6. The molecule has 2 heterocycles. The number of thioether (sulfide) groups is 1. The topological polar surface area (TPSA) is 87.3 Å². The van der Waals surface area contributed by atoms with Crippen molar-refractivity contribution in [3.05, 3.63) is 101 Å².